The van der Waals surface area contributed by atoms with Crippen molar-refractivity contribution in [2.45, 2.75) is 51.0 Å². The molecule has 30 heavy (non-hydrogen) atoms. The average molecular weight is 407 g/mol. The van der Waals surface area contributed by atoms with Crippen LogP contribution in [0.25, 0.3) is 0 Å². The Labute approximate surface area is 178 Å². The molecule has 158 valence electrons. The molecule has 2 heterocycles. The Morgan fingerprint density at radius 1 is 1.07 bits per heavy atom. The third kappa shape index (κ3) is 3.51. The summed E-state index contributed by atoms with van der Waals surface area (Å²) in [5.74, 6) is 1.64. The summed E-state index contributed by atoms with van der Waals surface area (Å²) >= 11 is 0. The van der Waals surface area contributed by atoms with Gasteiger partial charge in [0.2, 0.25) is 0 Å². The van der Waals surface area contributed by atoms with E-state index < -0.39 is 5.97 Å². The molecule has 1 N–H and O–H groups in total. The zero-order chi connectivity index (χ0) is 20.8. The lowest BCUT2D eigenvalue weighted by atomic mass is 9.62. The number of carboxylic acid groups (broad SMARTS) is 1. The van der Waals surface area contributed by atoms with E-state index in [2.05, 4.69) is 25.1 Å². The number of aliphatic carboxylic acids is 1. The molecule has 2 aliphatic carbocycles. The molecule has 0 aromatic heterocycles. The molecule has 2 aromatic carbocycles. The summed E-state index contributed by atoms with van der Waals surface area (Å²) in [4.78, 5) is 11.3. The third-order valence-electron chi connectivity index (χ3n) is 7.97. The van der Waals surface area contributed by atoms with Crippen molar-refractivity contribution in [2.24, 2.45) is 23.2 Å². The number of para-hydroxylation sites is 1. The minimum Gasteiger partial charge on any atom is -0.481 e. The quantitative estimate of drug-likeness (QED) is 0.612. The van der Waals surface area contributed by atoms with Gasteiger partial charge >= 0.3 is 5.97 Å². The molecule has 6 rings (SSSR count). The van der Waals surface area contributed by atoms with Crippen LogP contribution in [0.3, 0.4) is 0 Å². The van der Waals surface area contributed by atoms with Crippen LogP contribution >= 0.6 is 0 Å². The maximum Gasteiger partial charge on any atom is 0.307 e. The topological polar surface area (TPSA) is 55.8 Å². The SMILES string of the molecule is C[C@@H]1[C@H](CCC23CCC(c4cccc(Oc5ccccc5)c4)(CC2)OC3)[C@@H]1C(=O)O. The van der Waals surface area contributed by atoms with Gasteiger partial charge in [-0.2, -0.15) is 0 Å². The van der Waals surface area contributed by atoms with Crippen molar-refractivity contribution in [3.05, 3.63) is 60.2 Å². The van der Waals surface area contributed by atoms with Crippen molar-refractivity contribution >= 4 is 5.97 Å². The predicted octanol–water partition coefficient (Wildman–Crippen LogP) is 6.01. The normalized spacial score (nSPS) is 34.5. The van der Waals surface area contributed by atoms with Gasteiger partial charge in [0.15, 0.2) is 0 Å². The molecule has 4 nitrogen and oxygen atoms in total. The third-order valence-corrected chi connectivity index (χ3v) is 7.97. The fraction of sp³-hybridized carbons (Fsp3) is 0.500. The maximum absolute atomic E-state index is 11.3. The molecule has 3 atom stereocenters. The number of fused-ring (bicyclic) bond motifs is 3. The molecule has 0 unspecified atom stereocenters. The Bertz CT molecular complexity index is 897. The molecule has 2 aliphatic heterocycles. The van der Waals surface area contributed by atoms with Gasteiger partial charge in [0.25, 0.3) is 0 Å². The molecule has 4 aliphatic rings. The first-order chi connectivity index (χ1) is 14.5. The zero-order valence-corrected chi connectivity index (χ0v) is 17.5. The molecule has 2 bridgehead atoms. The van der Waals surface area contributed by atoms with Crippen LogP contribution in [0, 0.1) is 23.2 Å². The van der Waals surface area contributed by atoms with Crippen molar-refractivity contribution < 1.29 is 19.4 Å². The second-order valence-electron chi connectivity index (χ2n) is 9.65. The van der Waals surface area contributed by atoms with E-state index in [-0.39, 0.29) is 16.9 Å². The summed E-state index contributed by atoms with van der Waals surface area (Å²) in [6.45, 7) is 2.87. The number of ether oxygens (including phenoxy) is 2. The molecule has 0 radical (unpaired) electrons. The fourth-order valence-electron chi connectivity index (χ4n) is 5.79. The van der Waals surface area contributed by atoms with Gasteiger partial charge in [0.1, 0.15) is 11.5 Å². The molecule has 2 saturated carbocycles. The van der Waals surface area contributed by atoms with Crippen molar-refractivity contribution in [3.63, 3.8) is 0 Å². The number of hydrogen-bond acceptors (Lipinski definition) is 3. The summed E-state index contributed by atoms with van der Waals surface area (Å²) in [6, 6.07) is 18.2. The Morgan fingerprint density at radius 2 is 1.80 bits per heavy atom. The smallest absolute Gasteiger partial charge is 0.307 e. The van der Waals surface area contributed by atoms with E-state index in [1.807, 2.05) is 36.4 Å². The van der Waals surface area contributed by atoms with Gasteiger partial charge in [0.05, 0.1) is 18.1 Å². The number of carboxylic acids is 1. The first kappa shape index (κ1) is 19.6. The maximum atomic E-state index is 11.3. The van der Waals surface area contributed by atoms with Gasteiger partial charge in [-0.15, -0.1) is 0 Å². The lowest BCUT2D eigenvalue weighted by Gasteiger charge is -2.53. The van der Waals surface area contributed by atoms with Crippen LogP contribution in [0.15, 0.2) is 54.6 Å². The minimum absolute atomic E-state index is 0.124. The summed E-state index contributed by atoms with van der Waals surface area (Å²) in [5, 5.41) is 9.30. The molecule has 0 spiro atoms. The van der Waals surface area contributed by atoms with Gasteiger partial charge in [-0.25, -0.2) is 0 Å². The number of carbonyl (C=O) groups is 1. The van der Waals surface area contributed by atoms with Crippen LogP contribution < -0.4 is 4.74 Å². The Balaban J connectivity index is 1.23. The van der Waals surface area contributed by atoms with Crippen LogP contribution in [-0.2, 0) is 15.1 Å². The number of hydrogen-bond donors (Lipinski definition) is 1. The lowest BCUT2D eigenvalue weighted by Crippen LogP contribution is -2.49. The van der Waals surface area contributed by atoms with E-state index in [4.69, 9.17) is 9.47 Å². The predicted molar refractivity (Wildman–Crippen MR) is 115 cm³/mol. The standard InChI is InChI=1S/C26H30O4/c1-18-22(23(18)24(27)28)10-11-25-12-14-26(15-13-25,29-17-25)19-6-5-9-21(16-19)30-20-7-3-2-4-8-20/h2-9,16,18,22-23H,10-15,17H2,1H3,(H,27,28)/t18-,22+,23-,25?,26?/m1/s1. The van der Waals surface area contributed by atoms with Crippen LogP contribution in [-0.4, -0.2) is 17.7 Å². The lowest BCUT2D eigenvalue weighted by molar-refractivity contribution is -0.192. The van der Waals surface area contributed by atoms with Crippen molar-refractivity contribution in [1.82, 2.24) is 0 Å². The summed E-state index contributed by atoms with van der Waals surface area (Å²) in [5.41, 5.74) is 1.26. The van der Waals surface area contributed by atoms with Crippen molar-refractivity contribution in [1.29, 1.82) is 0 Å². The van der Waals surface area contributed by atoms with E-state index >= 15 is 0 Å². The monoisotopic (exact) mass is 406 g/mol. The second-order valence-corrected chi connectivity index (χ2v) is 9.65. The van der Waals surface area contributed by atoms with Gasteiger partial charge in [0, 0.05) is 0 Å². The summed E-state index contributed by atoms with van der Waals surface area (Å²) in [7, 11) is 0. The highest BCUT2D eigenvalue weighted by molar-refractivity contribution is 5.74. The van der Waals surface area contributed by atoms with E-state index in [0.717, 1.165) is 56.6 Å². The molecule has 2 saturated heterocycles. The van der Waals surface area contributed by atoms with E-state index in [9.17, 15) is 9.90 Å². The first-order valence-corrected chi connectivity index (χ1v) is 11.2. The highest BCUT2D eigenvalue weighted by Gasteiger charge is 2.54. The minimum atomic E-state index is -0.620. The highest BCUT2D eigenvalue weighted by Crippen LogP contribution is 2.58. The molecular formula is C26H30O4. The molecular weight excluding hydrogens is 376 g/mol. The van der Waals surface area contributed by atoms with Crippen LogP contribution in [0.4, 0.5) is 0 Å². The Morgan fingerprint density at radius 3 is 2.43 bits per heavy atom. The molecule has 0 amide bonds. The van der Waals surface area contributed by atoms with Gasteiger partial charge in [-0.1, -0.05) is 37.3 Å². The van der Waals surface area contributed by atoms with Gasteiger partial charge in [-0.3, -0.25) is 4.79 Å². The number of benzene rings is 2. The first-order valence-electron chi connectivity index (χ1n) is 11.2. The van der Waals surface area contributed by atoms with Crippen LogP contribution in [0.2, 0.25) is 0 Å². The molecule has 4 fully saturated rings. The highest BCUT2D eigenvalue weighted by atomic mass is 16.5. The molecule has 2 aromatic rings. The van der Waals surface area contributed by atoms with Gasteiger partial charge in [-0.05, 0) is 85.6 Å². The Hall–Kier alpha value is -2.33. The average Bonchev–Trinajstić information content (AvgIpc) is 3.44. The van der Waals surface area contributed by atoms with Crippen molar-refractivity contribution in [2.75, 3.05) is 6.61 Å². The summed E-state index contributed by atoms with van der Waals surface area (Å²) < 4.78 is 12.6. The Kier molecular flexibility index (Phi) is 4.85. The van der Waals surface area contributed by atoms with E-state index in [1.54, 1.807) is 0 Å². The zero-order valence-electron chi connectivity index (χ0n) is 17.5. The number of rotatable bonds is 7. The largest absolute Gasteiger partial charge is 0.481 e. The van der Waals surface area contributed by atoms with E-state index in [0.29, 0.717) is 11.8 Å². The van der Waals surface area contributed by atoms with Crippen LogP contribution in [0.5, 0.6) is 11.5 Å². The second kappa shape index (κ2) is 7.42. The fourth-order valence-corrected chi connectivity index (χ4v) is 5.79. The van der Waals surface area contributed by atoms with Crippen molar-refractivity contribution in [3.8, 4) is 11.5 Å². The van der Waals surface area contributed by atoms with E-state index in [1.165, 1.54) is 5.56 Å². The summed E-state index contributed by atoms with van der Waals surface area (Å²) in [6.07, 6.45) is 6.51. The van der Waals surface area contributed by atoms with Gasteiger partial charge < -0.3 is 14.6 Å². The molecule has 4 heteroatoms. The van der Waals surface area contributed by atoms with Crippen LogP contribution in [0.1, 0.15) is 51.0 Å².